The van der Waals surface area contributed by atoms with E-state index < -0.39 is 10.0 Å². The fraction of sp³-hybridized carbons (Fsp3) is 0.450. The molecule has 168 valence electrons. The number of sulfonamides is 1. The number of thiazole rings is 1. The maximum absolute atomic E-state index is 13.0. The third kappa shape index (κ3) is 5.05. The van der Waals surface area contributed by atoms with Gasteiger partial charge in [0.2, 0.25) is 15.9 Å². The van der Waals surface area contributed by atoms with Gasteiger partial charge in [-0.3, -0.25) is 9.59 Å². The van der Waals surface area contributed by atoms with E-state index in [0.717, 1.165) is 10.00 Å². The monoisotopic (exact) mass is 466 g/mol. The Balaban J connectivity index is 1.68. The molecular weight excluding hydrogens is 440 g/mol. The SMILES string of the molecule is COc1ccc(C(=O)N2CCC(C(=O)Nc3nc(C)cs3)CC2)cc1S(=O)(=O)N(C)C. The molecule has 1 N–H and O–H groups in total. The lowest BCUT2D eigenvalue weighted by Gasteiger charge is -2.31. The summed E-state index contributed by atoms with van der Waals surface area (Å²) < 4.78 is 31.5. The molecular formula is C20H26N4O5S2. The van der Waals surface area contributed by atoms with Crippen molar-refractivity contribution in [1.82, 2.24) is 14.2 Å². The second-order valence-corrected chi connectivity index (χ2v) is 10.5. The molecule has 11 heteroatoms. The molecule has 0 saturated carbocycles. The number of methoxy groups -OCH3 is 1. The van der Waals surface area contributed by atoms with Crippen LogP contribution in [0.15, 0.2) is 28.5 Å². The van der Waals surface area contributed by atoms with Gasteiger partial charge < -0.3 is 15.0 Å². The molecule has 0 bridgehead atoms. The van der Waals surface area contributed by atoms with Crippen molar-refractivity contribution in [3.63, 3.8) is 0 Å². The van der Waals surface area contributed by atoms with Gasteiger partial charge in [0.15, 0.2) is 5.13 Å². The summed E-state index contributed by atoms with van der Waals surface area (Å²) in [4.78, 5) is 31.3. The van der Waals surface area contributed by atoms with E-state index in [4.69, 9.17) is 4.74 Å². The first-order valence-electron chi connectivity index (χ1n) is 9.76. The van der Waals surface area contributed by atoms with Gasteiger partial charge in [0.05, 0.1) is 12.8 Å². The van der Waals surface area contributed by atoms with Gasteiger partial charge in [-0.2, -0.15) is 0 Å². The molecule has 1 aliphatic heterocycles. The molecule has 31 heavy (non-hydrogen) atoms. The molecule has 1 saturated heterocycles. The second-order valence-electron chi connectivity index (χ2n) is 7.50. The molecule has 1 aromatic carbocycles. The largest absolute Gasteiger partial charge is 0.495 e. The number of carbonyl (C=O) groups excluding carboxylic acids is 2. The summed E-state index contributed by atoms with van der Waals surface area (Å²) >= 11 is 1.38. The molecule has 0 unspecified atom stereocenters. The fourth-order valence-corrected chi connectivity index (χ4v) is 5.12. The molecule has 2 amide bonds. The average Bonchev–Trinajstić information content (AvgIpc) is 3.17. The van der Waals surface area contributed by atoms with Crippen LogP contribution in [0.3, 0.4) is 0 Å². The van der Waals surface area contributed by atoms with Gasteiger partial charge >= 0.3 is 0 Å². The molecule has 9 nitrogen and oxygen atoms in total. The van der Waals surface area contributed by atoms with Gasteiger partial charge in [-0.25, -0.2) is 17.7 Å². The average molecular weight is 467 g/mol. The maximum atomic E-state index is 13.0. The van der Waals surface area contributed by atoms with Crippen LogP contribution in [0.4, 0.5) is 5.13 Å². The molecule has 2 aromatic rings. The van der Waals surface area contributed by atoms with E-state index in [-0.39, 0.29) is 33.9 Å². The van der Waals surface area contributed by atoms with E-state index >= 15 is 0 Å². The quantitative estimate of drug-likeness (QED) is 0.699. The number of nitrogens with one attached hydrogen (secondary N) is 1. The highest BCUT2D eigenvalue weighted by atomic mass is 32.2. The van der Waals surface area contributed by atoms with Gasteiger partial charge in [0.25, 0.3) is 5.91 Å². The van der Waals surface area contributed by atoms with Crippen molar-refractivity contribution in [3.05, 3.63) is 34.8 Å². The topological polar surface area (TPSA) is 109 Å². The number of aryl methyl sites for hydroxylation is 1. The van der Waals surface area contributed by atoms with E-state index in [1.807, 2.05) is 12.3 Å². The zero-order valence-electron chi connectivity index (χ0n) is 17.9. The standard InChI is InChI=1S/C20H26N4O5S2/c1-13-12-30-20(21-13)22-18(25)14-7-9-24(10-8-14)19(26)15-5-6-16(29-4)17(11-15)31(27,28)23(2)3/h5-6,11-12,14H,7-10H2,1-4H3,(H,21,22,25). The van der Waals surface area contributed by atoms with Crippen molar-refractivity contribution in [3.8, 4) is 5.75 Å². The predicted molar refractivity (Wildman–Crippen MR) is 118 cm³/mol. The number of piperidine rings is 1. The summed E-state index contributed by atoms with van der Waals surface area (Å²) in [5, 5.41) is 5.28. The molecule has 0 spiro atoms. The Morgan fingerprint density at radius 3 is 2.48 bits per heavy atom. The molecule has 0 atom stereocenters. The Morgan fingerprint density at radius 2 is 1.94 bits per heavy atom. The van der Waals surface area contributed by atoms with Crippen LogP contribution in [-0.4, -0.2) is 68.7 Å². The Bertz CT molecular complexity index is 1070. The van der Waals surface area contributed by atoms with E-state index in [2.05, 4.69) is 10.3 Å². The maximum Gasteiger partial charge on any atom is 0.253 e. The first-order chi connectivity index (χ1) is 14.6. The summed E-state index contributed by atoms with van der Waals surface area (Å²) in [5.41, 5.74) is 1.12. The number of hydrogen-bond acceptors (Lipinski definition) is 7. The molecule has 0 aliphatic carbocycles. The van der Waals surface area contributed by atoms with Crippen molar-refractivity contribution in [2.24, 2.45) is 5.92 Å². The minimum atomic E-state index is -3.77. The summed E-state index contributed by atoms with van der Waals surface area (Å²) in [6, 6.07) is 4.39. The number of benzene rings is 1. The summed E-state index contributed by atoms with van der Waals surface area (Å²) in [7, 11) is 0.454. The van der Waals surface area contributed by atoms with Crippen molar-refractivity contribution in [1.29, 1.82) is 0 Å². The van der Waals surface area contributed by atoms with Crippen molar-refractivity contribution < 1.29 is 22.7 Å². The number of carbonyl (C=O) groups is 2. The minimum Gasteiger partial charge on any atom is -0.495 e. The third-order valence-electron chi connectivity index (χ3n) is 5.17. The Hall–Kier alpha value is -2.50. The fourth-order valence-electron chi connectivity index (χ4n) is 3.35. The molecule has 3 rings (SSSR count). The summed E-state index contributed by atoms with van der Waals surface area (Å²) in [6.45, 7) is 2.69. The molecule has 0 radical (unpaired) electrons. The Morgan fingerprint density at radius 1 is 1.26 bits per heavy atom. The van der Waals surface area contributed by atoms with Crippen molar-refractivity contribution in [2.75, 3.05) is 39.6 Å². The van der Waals surface area contributed by atoms with Gasteiger partial charge in [0, 0.05) is 44.0 Å². The summed E-state index contributed by atoms with van der Waals surface area (Å²) in [5.74, 6) is -0.385. The van der Waals surface area contributed by atoms with Crippen LogP contribution >= 0.6 is 11.3 Å². The Kier molecular flexibility index (Phi) is 6.97. The minimum absolute atomic E-state index is 0.0566. The molecule has 1 aliphatic rings. The third-order valence-corrected chi connectivity index (χ3v) is 7.88. The smallest absolute Gasteiger partial charge is 0.253 e. The van der Waals surface area contributed by atoms with Crippen LogP contribution in [0, 0.1) is 12.8 Å². The lowest BCUT2D eigenvalue weighted by molar-refractivity contribution is -0.121. The van der Waals surface area contributed by atoms with Gasteiger partial charge in [-0.15, -0.1) is 11.3 Å². The molecule has 2 heterocycles. The first kappa shape index (κ1) is 23.2. The van der Waals surface area contributed by atoms with Crippen LogP contribution in [0.1, 0.15) is 28.9 Å². The highest BCUT2D eigenvalue weighted by molar-refractivity contribution is 7.89. The van der Waals surface area contributed by atoms with Gasteiger partial charge in [0.1, 0.15) is 10.6 Å². The van der Waals surface area contributed by atoms with E-state index in [0.29, 0.717) is 31.1 Å². The van der Waals surface area contributed by atoms with Crippen LogP contribution in [-0.2, 0) is 14.8 Å². The highest BCUT2D eigenvalue weighted by Crippen LogP contribution is 2.28. The van der Waals surface area contributed by atoms with Crippen LogP contribution < -0.4 is 10.1 Å². The molecule has 1 aromatic heterocycles. The number of hydrogen-bond donors (Lipinski definition) is 1. The van der Waals surface area contributed by atoms with Gasteiger partial charge in [-0.05, 0) is 38.0 Å². The zero-order chi connectivity index (χ0) is 22.8. The number of amides is 2. The number of anilines is 1. The number of ether oxygens (including phenoxy) is 1. The first-order valence-corrected chi connectivity index (χ1v) is 12.1. The molecule has 1 fully saturated rings. The van der Waals surface area contributed by atoms with Gasteiger partial charge in [-0.1, -0.05) is 0 Å². The number of aromatic nitrogens is 1. The number of likely N-dealkylation sites (tertiary alicyclic amines) is 1. The zero-order valence-corrected chi connectivity index (χ0v) is 19.5. The lowest BCUT2D eigenvalue weighted by Crippen LogP contribution is -2.41. The van der Waals surface area contributed by atoms with Crippen LogP contribution in [0.25, 0.3) is 0 Å². The van der Waals surface area contributed by atoms with E-state index in [9.17, 15) is 18.0 Å². The van der Waals surface area contributed by atoms with Crippen LogP contribution in [0.2, 0.25) is 0 Å². The van der Waals surface area contributed by atoms with Crippen molar-refractivity contribution >= 4 is 38.3 Å². The number of nitrogens with zero attached hydrogens (tertiary/aromatic N) is 3. The van der Waals surface area contributed by atoms with E-state index in [1.165, 1.54) is 44.7 Å². The van der Waals surface area contributed by atoms with Crippen molar-refractivity contribution in [2.45, 2.75) is 24.7 Å². The lowest BCUT2D eigenvalue weighted by atomic mass is 9.95. The van der Waals surface area contributed by atoms with Crippen LogP contribution in [0.5, 0.6) is 5.75 Å². The second kappa shape index (κ2) is 9.33. The summed E-state index contributed by atoms with van der Waals surface area (Å²) in [6.07, 6.45) is 1.06. The normalized spacial score (nSPS) is 15.2. The Labute approximate surface area is 186 Å². The number of rotatable bonds is 6. The predicted octanol–water partition coefficient (Wildman–Crippen LogP) is 2.20. The van der Waals surface area contributed by atoms with E-state index in [1.54, 1.807) is 11.0 Å². The highest BCUT2D eigenvalue weighted by Gasteiger charge is 2.30.